The maximum absolute atomic E-state index is 12.5. The summed E-state index contributed by atoms with van der Waals surface area (Å²) in [7, 11) is -1.64. The third-order valence-corrected chi connectivity index (χ3v) is 6.97. The van der Waals surface area contributed by atoms with Gasteiger partial charge >= 0.3 is 0 Å². The summed E-state index contributed by atoms with van der Waals surface area (Å²) in [5.41, 5.74) is 0.197. The standard InChI is InChI=1S/C15H29N3O3S/c1-21-14-4-10-18(11-5-14)22(19,20)16-12-15(6-7-15)13-17-8-2-3-9-17/h14,16H,2-13H2,1H3. The highest BCUT2D eigenvalue weighted by atomic mass is 32.2. The SMILES string of the molecule is COC1CCN(S(=O)(=O)NCC2(CN3CCCC3)CC2)CC1. The second-order valence-electron chi connectivity index (χ2n) is 7.14. The van der Waals surface area contributed by atoms with Crippen molar-refractivity contribution >= 4 is 10.2 Å². The Morgan fingerprint density at radius 2 is 1.77 bits per heavy atom. The first kappa shape index (κ1) is 16.6. The summed E-state index contributed by atoms with van der Waals surface area (Å²) < 4.78 is 34.7. The molecule has 3 fully saturated rings. The van der Waals surface area contributed by atoms with Gasteiger partial charge in [-0.05, 0) is 57.0 Å². The summed E-state index contributed by atoms with van der Waals surface area (Å²) in [5, 5.41) is 0. The van der Waals surface area contributed by atoms with Crippen LogP contribution in [0.2, 0.25) is 0 Å². The zero-order chi connectivity index (χ0) is 15.6. The number of nitrogens with zero attached hydrogens (tertiary/aromatic N) is 2. The van der Waals surface area contributed by atoms with Crippen molar-refractivity contribution < 1.29 is 13.2 Å². The lowest BCUT2D eigenvalue weighted by atomic mass is 10.1. The van der Waals surface area contributed by atoms with Gasteiger partial charge in [0.25, 0.3) is 10.2 Å². The molecule has 3 rings (SSSR count). The minimum Gasteiger partial charge on any atom is -0.381 e. The van der Waals surface area contributed by atoms with E-state index in [-0.39, 0.29) is 11.5 Å². The van der Waals surface area contributed by atoms with Crippen LogP contribution in [0.25, 0.3) is 0 Å². The molecule has 0 amide bonds. The van der Waals surface area contributed by atoms with E-state index in [9.17, 15) is 8.42 Å². The highest BCUT2D eigenvalue weighted by Gasteiger charge is 2.45. The van der Waals surface area contributed by atoms with Crippen LogP contribution in [0, 0.1) is 5.41 Å². The van der Waals surface area contributed by atoms with E-state index in [1.807, 2.05) is 0 Å². The van der Waals surface area contributed by atoms with Gasteiger partial charge in [-0.1, -0.05) is 0 Å². The smallest absolute Gasteiger partial charge is 0.279 e. The van der Waals surface area contributed by atoms with E-state index in [0.717, 1.165) is 32.2 Å². The average molecular weight is 331 g/mol. The van der Waals surface area contributed by atoms with Gasteiger partial charge in [0.15, 0.2) is 0 Å². The fourth-order valence-corrected chi connectivity index (χ4v) is 4.99. The number of likely N-dealkylation sites (tertiary alicyclic amines) is 1. The Kier molecular flexibility index (Phi) is 5.09. The van der Waals surface area contributed by atoms with Crippen molar-refractivity contribution in [3.63, 3.8) is 0 Å². The van der Waals surface area contributed by atoms with E-state index >= 15 is 0 Å². The fourth-order valence-electron chi connectivity index (χ4n) is 3.63. The second-order valence-corrected chi connectivity index (χ2v) is 8.90. The van der Waals surface area contributed by atoms with Crippen LogP contribution in [0.4, 0.5) is 0 Å². The molecule has 0 aromatic heterocycles. The monoisotopic (exact) mass is 331 g/mol. The molecule has 1 N–H and O–H groups in total. The van der Waals surface area contributed by atoms with Gasteiger partial charge in [0.1, 0.15) is 0 Å². The minimum atomic E-state index is -3.33. The average Bonchev–Trinajstić information content (AvgIpc) is 3.10. The van der Waals surface area contributed by atoms with Gasteiger partial charge in [-0.15, -0.1) is 0 Å². The maximum atomic E-state index is 12.5. The van der Waals surface area contributed by atoms with Crippen molar-refractivity contribution in [1.82, 2.24) is 13.9 Å². The molecule has 22 heavy (non-hydrogen) atoms. The molecule has 7 heteroatoms. The van der Waals surface area contributed by atoms with Crippen LogP contribution in [0.5, 0.6) is 0 Å². The van der Waals surface area contributed by atoms with Crippen LogP contribution in [0.1, 0.15) is 38.5 Å². The van der Waals surface area contributed by atoms with Gasteiger partial charge in [-0.25, -0.2) is 4.72 Å². The highest BCUT2D eigenvalue weighted by molar-refractivity contribution is 7.87. The predicted octanol–water partition coefficient (Wildman–Crippen LogP) is 0.808. The Bertz CT molecular complexity index is 464. The first-order valence-corrected chi connectivity index (χ1v) is 9.97. The molecule has 6 nitrogen and oxygen atoms in total. The molecular formula is C15H29N3O3S. The van der Waals surface area contributed by atoms with Crippen molar-refractivity contribution in [2.45, 2.75) is 44.6 Å². The Morgan fingerprint density at radius 3 is 2.32 bits per heavy atom. The summed E-state index contributed by atoms with van der Waals surface area (Å²) in [4.78, 5) is 2.49. The van der Waals surface area contributed by atoms with Gasteiger partial charge in [-0.2, -0.15) is 12.7 Å². The van der Waals surface area contributed by atoms with Crippen molar-refractivity contribution in [3.05, 3.63) is 0 Å². The van der Waals surface area contributed by atoms with Crippen molar-refractivity contribution in [3.8, 4) is 0 Å². The van der Waals surface area contributed by atoms with Crippen LogP contribution in [-0.2, 0) is 14.9 Å². The molecule has 128 valence electrons. The van der Waals surface area contributed by atoms with E-state index in [2.05, 4.69) is 9.62 Å². The molecule has 1 aliphatic carbocycles. The summed E-state index contributed by atoms with van der Waals surface area (Å²) >= 11 is 0. The Hall–Kier alpha value is -0.210. The molecule has 2 aliphatic heterocycles. The molecule has 0 unspecified atom stereocenters. The van der Waals surface area contributed by atoms with Crippen molar-refractivity contribution in [2.75, 3.05) is 46.4 Å². The zero-order valence-corrected chi connectivity index (χ0v) is 14.4. The molecule has 0 aromatic rings. The molecule has 0 radical (unpaired) electrons. The molecule has 2 heterocycles. The maximum Gasteiger partial charge on any atom is 0.279 e. The zero-order valence-electron chi connectivity index (χ0n) is 13.6. The van der Waals surface area contributed by atoms with E-state index < -0.39 is 10.2 Å². The Balaban J connectivity index is 1.47. The number of methoxy groups -OCH3 is 1. The van der Waals surface area contributed by atoms with E-state index in [1.54, 1.807) is 11.4 Å². The Morgan fingerprint density at radius 1 is 1.14 bits per heavy atom. The number of nitrogens with one attached hydrogen (secondary N) is 1. The van der Waals surface area contributed by atoms with Crippen LogP contribution < -0.4 is 4.72 Å². The molecule has 2 saturated heterocycles. The molecule has 0 aromatic carbocycles. The number of hydrogen-bond donors (Lipinski definition) is 1. The summed E-state index contributed by atoms with van der Waals surface area (Å²) in [5.74, 6) is 0. The highest BCUT2D eigenvalue weighted by Crippen LogP contribution is 2.46. The molecule has 0 atom stereocenters. The van der Waals surface area contributed by atoms with Crippen LogP contribution in [0.3, 0.4) is 0 Å². The third-order valence-electron chi connectivity index (χ3n) is 5.42. The molecule has 3 aliphatic rings. The Labute approximate surface area is 134 Å². The number of rotatable bonds is 7. The molecular weight excluding hydrogens is 302 g/mol. The summed E-state index contributed by atoms with van der Waals surface area (Å²) in [6.07, 6.45) is 6.66. The predicted molar refractivity (Wildman–Crippen MR) is 85.9 cm³/mol. The normalized spacial score (nSPS) is 27.3. The largest absolute Gasteiger partial charge is 0.381 e. The first-order valence-electron chi connectivity index (χ1n) is 8.53. The molecule has 0 bridgehead atoms. The first-order chi connectivity index (χ1) is 10.5. The van der Waals surface area contributed by atoms with E-state index in [4.69, 9.17) is 4.74 Å². The third kappa shape index (κ3) is 4.00. The molecule has 1 saturated carbocycles. The lowest BCUT2D eigenvalue weighted by Gasteiger charge is -2.31. The second kappa shape index (κ2) is 6.73. The van der Waals surface area contributed by atoms with E-state index in [1.165, 1.54) is 25.9 Å². The number of piperidine rings is 1. The van der Waals surface area contributed by atoms with Gasteiger partial charge in [-0.3, -0.25) is 0 Å². The number of ether oxygens (including phenoxy) is 1. The van der Waals surface area contributed by atoms with Crippen molar-refractivity contribution in [2.24, 2.45) is 5.41 Å². The van der Waals surface area contributed by atoms with Gasteiger partial charge in [0.2, 0.25) is 0 Å². The summed E-state index contributed by atoms with van der Waals surface area (Å²) in [6.45, 7) is 5.13. The molecule has 0 spiro atoms. The van der Waals surface area contributed by atoms with Gasteiger partial charge in [0.05, 0.1) is 6.10 Å². The topological polar surface area (TPSA) is 61.9 Å². The quantitative estimate of drug-likeness (QED) is 0.750. The lowest BCUT2D eigenvalue weighted by Crippen LogP contribution is -2.48. The number of hydrogen-bond acceptors (Lipinski definition) is 4. The van der Waals surface area contributed by atoms with Crippen LogP contribution >= 0.6 is 0 Å². The van der Waals surface area contributed by atoms with E-state index in [0.29, 0.717) is 19.6 Å². The van der Waals surface area contributed by atoms with Gasteiger partial charge < -0.3 is 9.64 Å². The lowest BCUT2D eigenvalue weighted by molar-refractivity contribution is 0.0601. The van der Waals surface area contributed by atoms with Crippen LogP contribution in [-0.4, -0.2) is 70.1 Å². The fraction of sp³-hybridized carbons (Fsp3) is 1.00. The van der Waals surface area contributed by atoms with Crippen LogP contribution in [0.15, 0.2) is 0 Å². The van der Waals surface area contributed by atoms with Gasteiger partial charge in [0, 0.05) is 33.3 Å². The van der Waals surface area contributed by atoms with Crippen molar-refractivity contribution in [1.29, 1.82) is 0 Å². The summed E-state index contributed by atoms with van der Waals surface area (Å²) in [6, 6.07) is 0. The minimum absolute atomic E-state index is 0.197.